The van der Waals surface area contributed by atoms with Crippen molar-refractivity contribution < 1.29 is 19.1 Å². The lowest BCUT2D eigenvalue weighted by Gasteiger charge is -2.16. The average Bonchev–Trinajstić information content (AvgIpc) is 2.83. The molecule has 0 radical (unpaired) electrons. The van der Waals surface area contributed by atoms with E-state index in [9.17, 15) is 4.79 Å². The first-order valence-corrected chi connectivity index (χ1v) is 6.94. The van der Waals surface area contributed by atoms with Crippen molar-refractivity contribution in [3.8, 4) is 5.75 Å². The summed E-state index contributed by atoms with van der Waals surface area (Å²) in [5.74, 6) is 0.0388. The van der Waals surface area contributed by atoms with Crippen LogP contribution in [0.1, 0.15) is 40.5 Å². The van der Waals surface area contributed by atoms with Crippen LogP contribution < -0.4 is 4.74 Å². The highest BCUT2D eigenvalue weighted by molar-refractivity contribution is 9.10. The Morgan fingerprint density at radius 3 is 2.60 bits per heavy atom. The summed E-state index contributed by atoms with van der Waals surface area (Å²) < 4.78 is 12.0. The maximum Gasteiger partial charge on any atom is 0.371 e. The van der Waals surface area contributed by atoms with E-state index in [0.29, 0.717) is 5.76 Å². The van der Waals surface area contributed by atoms with Crippen molar-refractivity contribution in [2.24, 2.45) is 0 Å². The number of benzene rings is 1. The van der Waals surface area contributed by atoms with Gasteiger partial charge in [-0.25, -0.2) is 4.79 Å². The van der Waals surface area contributed by atoms with Crippen LogP contribution in [0.2, 0.25) is 0 Å². The fourth-order valence-corrected chi connectivity index (χ4v) is 2.74. The Hall–Kier alpha value is -1.75. The summed E-state index contributed by atoms with van der Waals surface area (Å²) in [5, 5.41) is 8.85. The van der Waals surface area contributed by atoms with Crippen LogP contribution in [0, 0.1) is 13.8 Å². The van der Waals surface area contributed by atoms with Gasteiger partial charge in [0.2, 0.25) is 5.76 Å². The maximum absolute atomic E-state index is 10.8. The second kappa shape index (κ2) is 5.71. The number of ether oxygens (including phenoxy) is 1. The first-order valence-electron chi connectivity index (χ1n) is 6.15. The van der Waals surface area contributed by atoms with Gasteiger partial charge in [-0.1, -0.05) is 6.07 Å². The minimum Gasteiger partial charge on any atom is -0.481 e. The van der Waals surface area contributed by atoms with E-state index in [2.05, 4.69) is 15.9 Å². The predicted molar refractivity (Wildman–Crippen MR) is 78.3 cm³/mol. The lowest BCUT2D eigenvalue weighted by molar-refractivity contribution is 0.0655. The van der Waals surface area contributed by atoms with Crippen molar-refractivity contribution in [3.05, 3.63) is 51.4 Å². The van der Waals surface area contributed by atoms with Crippen LogP contribution in [0.4, 0.5) is 0 Å². The van der Waals surface area contributed by atoms with E-state index >= 15 is 0 Å². The molecule has 1 aromatic heterocycles. The van der Waals surface area contributed by atoms with Crippen LogP contribution in [-0.4, -0.2) is 11.1 Å². The fraction of sp³-hybridized carbons (Fsp3) is 0.267. The molecule has 1 unspecified atom stereocenters. The van der Waals surface area contributed by atoms with Gasteiger partial charge in [0.15, 0.2) is 6.10 Å². The number of rotatable bonds is 4. The van der Waals surface area contributed by atoms with Gasteiger partial charge in [0.1, 0.15) is 11.5 Å². The highest BCUT2D eigenvalue weighted by Crippen LogP contribution is 2.34. The highest BCUT2D eigenvalue weighted by atomic mass is 79.9. The predicted octanol–water partition coefficient (Wildman–Crippen LogP) is 4.50. The van der Waals surface area contributed by atoms with Crippen LogP contribution in [0.15, 0.2) is 33.2 Å². The van der Waals surface area contributed by atoms with Gasteiger partial charge in [-0.05, 0) is 66.0 Å². The van der Waals surface area contributed by atoms with Crippen LogP contribution >= 0.6 is 15.9 Å². The zero-order valence-corrected chi connectivity index (χ0v) is 13.0. The normalized spacial score (nSPS) is 12.2. The molecule has 1 aromatic carbocycles. The average molecular weight is 339 g/mol. The van der Waals surface area contributed by atoms with Crippen LogP contribution in [-0.2, 0) is 0 Å². The molecule has 0 saturated carbocycles. The molecule has 2 rings (SSSR count). The molecule has 106 valence electrons. The minimum atomic E-state index is -1.09. The lowest BCUT2D eigenvalue weighted by atomic mass is 10.1. The van der Waals surface area contributed by atoms with Gasteiger partial charge < -0.3 is 14.3 Å². The van der Waals surface area contributed by atoms with Crippen molar-refractivity contribution in [1.82, 2.24) is 0 Å². The monoisotopic (exact) mass is 338 g/mol. The molecule has 0 saturated heterocycles. The first kappa shape index (κ1) is 14.7. The molecule has 2 aromatic rings. The van der Waals surface area contributed by atoms with Gasteiger partial charge in [0.05, 0.1) is 4.47 Å². The molecule has 0 bridgehead atoms. The third-order valence-corrected chi connectivity index (χ3v) is 3.50. The minimum absolute atomic E-state index is 0.0878. The number of furan rings is 1. The molecule has 1 heterocycles. The Morgan fingerprint density at radius 1 is 1.35 bits per heavy atom. The zero-order valence-electron chi connectivity index (χ0n) is 11.4. The molecule has 20 heavy (non-hydrogen) atoms. The van der Waals surface area contributed by atoms with E-state index in [-0.39, 0.29) is 11.9 Å². The van der Waals surface area contributed by atoms with Gasteiger partial charge >= 0.3 is 5.97 Å². The Kier molecular flexibility index (Phi) is 4.18. The summed E-state index contributed by atoms with van der Waals surface area (Å²) in [5.41, 5.74) is 2.15. The largest absolute Gasteiger partial charge is 0.481 e. The summed E-state index contributed by atoms with van der Waals surface area (Å²) >= 11 is 3.48. The van der Waals surface area contributed by atoms with Crippen molar-refractivity contribution >= 4 is 21.9 Å². The Morgan fingerprint density at radius 2 is 2.05 bits per heavy atom. The van der Waals surface area contributed by atoms with E-state index in [1.807, 2.05) is 32.9 Å². The summed E-state index contributed by atoms with van der Waals surface area (Å²) in [6.07, 6.45) is -0.374. The summed E-state index contributed by atoms with van der Waals surface area (Å²) in [7, 11) is 0. The molecular weight excluding hydrogens is 324 g/mol. The maximum atomic E-state index is 10.8. The SMILES string of the molecule is Cc1cc(C)c(OC(C)c2ccc(C(=O)O)o2)c(Br)c1. The van der Waals surface area contributed by atoms with Crippen molar-refractivity contribution in [1.29, 1.82) is 0 Å². The van der Waals surface area contributed by atoms with Gasteiger partial charge in [0, 0.05) is 0 Å². The second-order valence-electron chi connectivity index (χ2n) is 4.66. The fourth-order valence-electron chi connectivity index (χ4n) is 1.97. The molecule has 4 nitrogen and oxygen atoms in total. The molecule has 5 heteroatoms. The second-order valence-corrected chi connectivity index (χ2v) is 5.51. The number of carboxylic acid groups (broad SMARTS) is 1. The van der Waals surface area contributed by atoms with E-state index in [1.165, 1.54) is 6.07 Å². The van der Waals surface area contributed by atoms with Gasteiger partial charge in [-0.15, -0.1) is 0 Å². The summed E-state index contributed by atoms with van der Waals surface area (Å²) in [6, 6.07) is 7.04. The first-order chi connectivity index (χ1) is 9.38. The van der Waals surface area contributed by atoms with Crippen LogP contribution in [0.25, 0.3) is 0 Å². The molecule has 1 atom stereocenters. The third-order valence-electron chi connectivity index (χ3n) is 2.91. The lowest BCUT2D eigenvalue weighted by Crippen LogP contribution is -2.04. The van der Waals surface area contributed by atoms with E-state index in [1.54, 1.807) is 6.07 Å². The Balaban J connectivity index is 2.23. The van der Waals surface area contributed by atoms with Crippen LogP contribution in [0.5, 0.6) is 5.75 Å². The number of carbonyl (C=O) groups is 1. The number of carboxylic acids is 1. The van der Waals surface area contributed by atoms with Crippen molar-refractivity contribution in [3.63, 3.8) is 0 Å². The van der Waals surface area contributed by atoms with Crippen molar-refractivity contribution in [2.45, 2.75) is 26.9 Å². The summed E-state index contributed by atoms with van der Waals surface area (Å²) in [4.78, 5) is 10.8. The number of aromatic carboxylic acids is 1. The van der Waals surface area contributed by atoms with E-state index < -0.39 is 5.97 Å². The van der Waals surface area contributed by atoms with E-state index in [0.717, 1.165) is 21.3 Å². The standard InChI is InChI=1S/C15H15BrO4/c1-8-6-9(2)14(11(16)7-8)19-10(3)12-4-5-13(20-12)15(17)18/h4-7,10H,1-3H3,(H,17,18). The zero-order chi connectivity index (χ0) is 14.9. The number of halogens is 1. The Labute approximate surface area is 125 Å². The molecule has 0 amide bonds. The van der Waals surface area contributed by atoms with Gasteiger partial charge in [-0.2, -0.15) is 0 Å². The smallest absolute Gasteiger partial charge is 0.371 e. The highest BCUT2D eigenvalue weighted by Gasteiger charge is 2.17. The molecular formula is C15H15BrO4. The molecule has 0 fully saturated rings. The Bertz CT molecular complexity index is 622. The third kappa shape index (κ3) is 3.04. The molecule has 0 aliphatic rings. The quantitative estimate of drug-likeness (QED) is 0.891. The topological polar surface area (TPSA) is 59.7 Å². The number of hydrogen-bond acceptors (Lipinski definition) is 3. The van der Waals surface area contributed by atoms with E-state index in [4.69, 9.17) is 14.3 Å². The number of aryl methyl sites for hydroxylation is 2. The van der Waals surface area contributed by atoms with Crippen LogP contribution in [0.3, 0.4) is 0 Å². The van der Waals surface area contributed by atoms with Gasteiger partial charge in [0.25, 0.3) is 0 Å². The summed E-state index contributed by atoms with van der Waals surface area (Å²) in [6.45, 7) is 5.79. The van der Waals surface area contributed by atoms with Crippen molar-refractivity contribution in [2.75, 3.05) is 0 Å². The molecule has 0 aliphatic heterocycles. The molecule has 1 N–H and O–H groups in total. The van der Waals surface area contributed by atoms with Gasteiger partial charge in [-0.3, -0.25) is 0 Å². The molecule has 0 aliphatic carbocycles. The molecule has 0 spiro atoms. The number of hydrogen-bond donors (Lipinski definition) is 1.